The van der Waals surface area contributed by atoms with E-state index in [1.54, 1.807) is 36.4 Å². The van der Waals surface area contributed by atoms with E-state index in [4.69, 9.17) is 9.78 Å². The molecular weight excluding hydrogens is 376 g/mol. The van der Waals surface area contributed by atoms with Crippen molar-refractivity contribution in [2.45, 2.75) is 71.1 Å². The fraction of sp³-hybridized carbons (Fsp3) is 0.462. The Morgan fingerprint density at radius 2 is 1.23 bits per heavy atom. The molecule has 0 aromatic heterocycles. The third-order valence-corrected chi connectivity index (χ3v) is 5.11. The van der Waals surface area contributed by atoms with Gasteiger partial charge in [0.05, 0.1) is 12.2 Å². The van der Waals surface area contributed by atoms with E-state index >= 15 is 0 Å². The Morgan fingerprint density at radius 3 is 1.90 bits per heavy atom. The van der Waals surface area contributed by atoms with Crippen molar-refractivity contribution in [3.63, 3.8) is 0 Å². The molecule has 0 spiro atoms. The molecule has 0 bridgehead atoms. The summed E-state index contributed by atoms with van der Waals surface area (Å²) in [5.41, 5.74) is 1.34. The van der Waals surface area contributed by atoms with Gasteiger partial charge in [0.1, 0.15) is 0 Å². The first-order valence-corrected chi connectivity index (χ1v) is 11.3. The van der Waals surface area contributed by atoms with Gasteiger partial charge in [0.2, 0.25) is 0 Å². The highest BCUT2D eigenvalue weighted by molar-refractivity contribution is 6.09. The molecule has 0 heterocycles. The Bertz CT molecular complexity index is 755. The van der Waals surface area contributed by atoms with Crippen LogP contribution in [-0.4, -0.2) is 18.4 Å². The summed E-state index contributed by atoms with van der Waals surface area (Å²) in [5.74, 6) is -0.707. The fourth-order valence-electron chi connectivity index (χ4n) is 3.34. The van der Waals surface area contributed by atoms with Crippen LogP contribution < -0.4 is 0 Å². The van der Waals surface area contributed by atoms with Gasteiger partial charge in [-0.15, -0.1) is 0 Å². The number of carbonyl (C=O) groups is 2. The molecule has 30 heavy (non-hydrogen) atoms. The van der Waals surface area contributed by atoms with Gasteiger partial charge in [-0.1, -0.05) is 107 Å². The van der Waals surface area contributed by atoms with E-state index in [1.165, 1.54) is 51.4 Å². The lowest BCUT2D eigenvalue weighted by Gasteiger charge is -2.06. The fourth-order valence-corrected chi connectivity index (χ4v) is 3.34. The molecule has 4 heteroatoms. The van der Waals surface area contributed by atoms with Crippen LogP contribution in [-0.2, 0) is 9.78 Å². The smallest absolute Gasteiger partial charge is 0.293 e. The molecule has 2 rings (SSSR count). The molecule has 0 saturated carbocycles. The van der Waals surface area contributed by atoms with Crippen LogP contribution in [0.3, 0.4) is 0 Å². The minimum atomic E-state index is -0.579. The van der Waals surface area contributed by atoms with Crippen molar-refractivity contribution in [3.05, 3.63) is 71.3 Å². The summed E-state index contributed by atoms with van der Waals surface area (Å²) in [6.45, 7) is 2.63. The first-order valence-electron chi connectivity index (χ1n) is 11.3. The Balaban J connectivity index is 1.61. The SMILES string of the molecule is CCCCCCCCCCCCOOC(=O)c1cccc(C(=O)c2ccccc2)c1. The molecule has 162 valence electrons. The van der Waals surface area contributed by atoms with Crippen molar-refractivity contribution in [2.24, 2.45) is 0 Å². The highest BCUT2D eigenvalue weighted by Gasteiger charge is 2.13. The van der Waals surface area contributed by atoms with Crippen molar-refractivity contribution < 1.29 is 19.4 Å². The molecule has 0 unspecified atom stereocenters. The summed E-state index contributed by atoms with van der Waals surface area (Å²) in [4.78, 5) is 34.7. The van der Waals surface area contributed by atoms with Gasteiger partial charge in [-0.25, -0.2) is 4.79 Å². The molecule has 4 nitrogen and oxygen atoms in total. The van der Waals surface area contributed by atoms with E-state index in [0.717, 1.165) is 12.8 Å². The summed E-state index contributed by atoms with van der Waals surface area (Å²) in [7, 11) is 0. The van der Waals surface area contributed by atoms with Crippen LogP contribution in [0.15, 0.2) is 54.6 Å². The molecule has 0 saturated heterocycles. The predicted octanol–water partition coefficient (Wildman–Crippen LogP) is 6.93. The zero-order chi connectivity index (χ0) is 21.4. The van der Waals surface area contributed by atoms with Gasteiger partial charge in [0.25, 0.3) is 0 Å². The van der Waals surface area contributed by atoms with Crippen LogP contribution >= 0.6 is 0 Å². The summed E-state index contributed by atoms with van der Waals surface area (Å²) < 4.78 is 0. The lowest BCUT2D eigenvalue weighted by Crippen LogP contribution is -2.09. The summed E-state index contributed by atoms with van der Waals surface area (Å²) in [5, 5.41) is 0. The van der Waals surface area contributed by atoms with Crippen molar-refractivity contribution in [1.29, 1.82) is 0 Å². The first-order chi connectivity index (χ1) is 14.7. The van der Waals surface area contributed by atoms with Gasteiger partial charge in [-0.05, 0) is 18.6 Å². The van der Waals surface area contributed by atoms with E-state index in [0.29, 0.717) is 23.3 Å². The van der Waals surface area contributed by atoms with Crippen molar-refractivity contribution in [1.82, 2.24) is 0 Å². The molecule has 0 amide bonds. The quantitative estimate of drug-likeness (QED) is 0.138. The molecule has 2 aromatic rings. The minimum absolute atomic E-state index is 0.128. The standard InChI is InChI=1S/C26H34O4/c1-2-3-4-5-6-7-8-9-10-14-20-29-30-26(28)24-19-15-18-23(21-24)25(27)22-16-12-11-13-17-22/h11-13,15-19,21H,2-10,14,20H2,1H3. The van der Waals surface area contributed by atoms with Gasteiger partial charge in [-0.2, -0.15) is 4.89 Å². The molecule has 0 aliphatic carbocycles. The maximum atomic E-state index is 12.5. The van der Waals surface area contributed by atoms with E-state index in [2.05, 4.69) is 6.92 Å². The zero-order valence-electron chi connectivity index (χ0n) is 18.1. The van der Waals surface area contributed by atoms with Crippen LogP contribution in [0.4, 0.5) is 0 Å². The molecule has 0 aliphatic heterocycles. The molecule has 0 fully saturated rings. The van der Waals surface area contributed by atoms with Crippen LogP contribution in [0.25, 0.3) is 0 Å². The zero-order valence-corrected chi connectivity index (χ0v) is 18.1. The summed E-state index contributed by atoms with van der Waals surface area (Å²) in [6.07, 6.45) is 12.4. The average molecular weight is 411 g/mol. The van der Waals surface area contributed by atoms with E-state index in [1.807, 2.05) is 18.2 Å². The number of carbonyl (C=O) groups excluding carboxylic acids is 2. The summed E-state index contributed by atoms with van der Waals surface area (Å²) >= 11 is 0. The average Bonchev–Trinajstić information content (AvgIpc) is 2.79. The van der Waals surface area contributed by atoms with Crippen LogP contribution in [0.5, 0.6) is 0 Å². The predicted molar refractivity (Wildman–Crippen MR) is 120 cm³/mol. The maximum Gasteiger partial charge on any atom is 0.373 e. The molecular formula is C26H34O4. The van der Waals surface area contributed by atoms with Gasteiger partial charge in [0.15, 0.2) is 5.78 Å². The third kappa shape index (κ3) is 8.91. The third-order valence-electron chi connectivity index (χ3n) is 5.11. The summed E-state index contributed by atoms with van der Waals surface area (Å²) in [6, 6.07) is 15.5. The topological polar surface area (TPSA) is 52.6 Å². The number of unbranched alkanes of at least 4 members (excludes halogenated alkanes) is 9. The number of benzene rings is 2. The minimum Gasteiger partial charge on any atom is -0.293 e. The Morgan fingerprint density at radius 1 is 0.667 bits per heavy atom. The molecule has 0 N–H and O–H groups in total. The lowest BCUT2D eigenvalue weighted by atomic mass is 10.0. The lowest BCUT2D eigenvalue weighted by molar-refractivity contribution is -0.241. The number of rotatable bonds is 15. The molecule has 0 radical (unpaired) electrons. The first kappa shape index (κ1) is 23.8. The second kappa shape index (κ2) is 14.5. The van der Waals surface area contributed by atoms with Crippen LogP contribution in [0, 0.1) is 0 Å². The van der Waals surface area contributed by atoms with Gasteiger partial charge in [-0.3, -0.25) is 9.68 Å². The Kier molecular flexibility index (Phi) is 11.5. The highest BCUT2D eigenvalue weighted by Crippen LogP contribution is 2.13. The molecule has 0 atom stereocenters. The van der Waals surface area contributed by atoms with Gasteiger partial charge in [0, 0.05) is 11.1 Å². The van der Waals surface area contributed by atoms with E-state index in [-0.39, 0.29) is 5.78 Å². The monoisotopic (exact) mass is 410 g/mol. The Labute approximate surface area is 180 Å². The second-order valence-corrected chi connectivity index (χ2v) is 7.65. The van der Waals surface area contributed by atoms with Gasteiger partial charge < -0.3 is 0 Å². The van der Waals surface area contributed by atoms with Crippen molar-refractivity contribution in [2.75, 3.05) is 6.61 Å². The number of hydrogen-bond donors (Lipinski definition) is 0. The van der Waals surface area contributed by atoms with E-state index < -0.39 is 5.97 Å². The molecule has 2 aromatic carbocycles. The van der Waals surface area contributed by atoms with Crippen molar-refractivity contribution >= 4 is 11.8 Å². The molecule has 0 aliphatic rings. The van der Waals surface area contributed by atoms with Crippen molar-refractivity contribution in [3.8, 4) is 0 Å². The largest absolute Gasteiger partial charge is 0.373 e. The number of hydrogen-bond acceptors (Lipinski definition) is 4. The number of ketones is 1. The van der Waals surface area contributed by atoms with E-state index in [9.17, 15) is 9.59 Å². The highest BCUT2D eigenvalue weighted by atomic mass is 17.2. The normalized spacial score (nSPS) is 10.7. The van der Waals surface area contributed by atoms with Crippen LogP contribution in [0.2, 0.25) is 0 Å². The Hall–Kier alpha value is -2.46. The second-order valence-electron chi connectivity index (χ2n) is 7.65. The van der Waals surface area contributed by atoms with Gasteiger partial charge >= 0.3 is 5.97 Å². The maximum absolute atomic E-state index is 12.5. The van der Waals surface area contributed by atoms with Crippen LogP contribution in [0.1, 0.15) is 97.4 Å².